The van der Waals surface area contributed by atoms with Crippen LogP contribution in [0.1, 0.15) is 0 Å². The third kappa shape index (κ3) is 4.36. The molecule has 0 saturated heterocycles. The molecule has 0 aromatic rings. The number of methoxy groups -OCH3 is 1. The Morgan fingerprint density at radius 1 is 1.56 bits per heavy atom. The quantitative estimate of drug-likeness (QED) is 0.557. The maximum absolute atomic E-state index is 11.9. The molecule has 0 radical (unpaired) electrons. The fraction of sp³-hybridized carbons (Fsp3) is 1.00. The highest BCUT2D eigenvalue weighted by molar-refractivity contribution is 4.57. The van der Waals surface area contributed by atoms with Crippen molar-refractivity contribution in [3.63, 3.8) is 0 Å². The number of nitrogens with zero attached hydrogens (tertiary/aromatic N) is 1. The molecule has 0 spiro atoms. The minimum atomic E-state index is -0.408. The van der Waals surface area contributed by atoms with E-state index < -0.39 is 6.67 Å². The zero-order chi connectivity index (χ0) is 7.28. The molecule has 0 aliphatic heterocycles. The van der Waals surface area contributed by atoms with Gasteiger partial charge in [-0.15, -0.1) is 0 Å². The second-order valence-electron chi connectivity index (χ2n) is 2.27. The first-order valence-corrected chi connectivity index (χ1v) is 2.94. The van der Waals surface area contributed by atoms with Gasteiger partial charge in [0.15, 0.2) is 0 Å². The zero-order valence-corrected chi connectivity index (χ0v) is 6.22. The molecular weight excluding hydrogens is 121 g/mol. The number of alkyl halides is 1. The Hall–Kier alpha value is -0.150. The molecule has 2 nitrogen and oxygen atoms in total. The van der Waals surface area contributed by atoms with Crippen molar-refractivity contribution in [1.29, 1.82) is 0 Å². The van der Waals surface area contributed by atoms with Crippen LogP contribution >= 0.6 is 0 Å². The molecule has 0 aliphatic rings. The van der Waals surface area contributed by atoms with E-state index in [0.29, 0.717) is 6.54 Å². The smallest absolute Gasteiger partial charge is 0.117 e. The molecule has 0 unspecified atom stereocenters. The van der Waals surface area contributed by atoms with Crippen LogP contribution in [0, 0.1) is 0 Å². The van der Waals surface area contributed by atoms with E-state index in [0.717, 1.165) is 0 Å². The van der Waals surface area contributed by atoms with E-state index >= 15 is 0 Å². The third-order valence-corrected chi connectivity index (χ3v) is 1.07. The van der Waals surface area contributed by atoms with Crippen LogP contribution < -0.4 is 0 Å². The molecule has 0 aliphatic carbocycles. The highest BCUT2D eigenvalue weighted by Crippen LogP contribution is 1.91. The summed E-state index contributed by atoms with van der Waals surface area (Å²) in [6.45, 7) is 0.238. The summed E-state index contributed by atoms with van der Waals surface area (Å²) in [5, 5.41) is 0. The van der Waals surface area contributed by atoms with Crippen LogP contribution in [0.4, 0.5) is 4.39 Å². The second-order valence-corrected chi connectivity index (χ2v) is 2.27. The molecule has 0 fully saturated rings. The van der Waals surface area contributed by atoms with Gasteiger partial charge in [0, 0.05) is 13.7 Å². The summed E-state index contributed by atoms with van der Waals surface area (Å²) in [5.41, 5.74) is 0. The van der Waals surface area contributed by atoms with E-state index in [1.165, 1.54) is 7.11 Å². The van der Waals surface area contributed by atoms with Gasteiger partial charge in [0.05, 0.1) is 6.10 Å². The summed E-state index contributed by atoms with van der Waals surface area (Å²) in [7, 11) is 5.30. The Morgan fingerprint density at radius 3 is 2.22 bits per heavy atom. The Balaban J connectivity index is 3.31. The highest BCUT2D eigenvalue weighted by Gasteiger charge is 2.05. The van der Waals surface area contributed by atoms with Crippen LogP contribution in [0.2, 0.25) is 0 Å². The molecule has 9 heavy (non-hydrogen) atoms. The SMILES string of the molecule is CO[C@H](CF)CN(C)C. The largest absolute Gasteiger partial charge is 0.377 e. The number of rotatable bonds is 4. The first kappa shape index (κ1) is 8.85. The van der Waals surface area contributed by atoms with Crippen LogP contribution in [0.15, 0.2) is 0 Å². The summed E-state index contributed by atoms with van der Waals surface area (Å²) in [6.07, 6.45) is -0.264. The predicted molar refractivity (Wildman–Crippen MR) is 35.3 cm³/mol. The van der Waals surface area contributed by atoms with E-state index in [1.54, 1.807) is 0 Å². The van der Waals surface area contributed by atoms with E-state index in [2.05, 4.69) is 0 Å². The molecule has 0 heterocycles. The normalized spacial score (nSPS) is 14.3. The summed E-state index contributed by atoms with van der Waals surface area (Å²) >= 11 is 0. The molecule has 1 atom stereocenters. The van der Waals surface area contributed by atoms with Crippen LogP contribution in [-0.4, -0.2) is 45.4 Å². The maximum Gasteiger partial charge on any atom is 0.117 e. The van der Waals surface area contributed by atoms with E-state index in [-0.39, 0.29) is 6.10 Å². The lowest BCUT2D eigenvalue weighted by Gasteiger charge is -2.15. The Labute approximate surface area is 55.6 Å². The first-order valence-electron chi connectivity index (χ1n) is 2.94. The summed E-state index contributed by atoms with van der Waals surface area (Å²) in [4.78, 5) is 1.90. The predicted octanol–water partition coefficient (Wildman–Crippen LogP) is 0.532. The standard InChI is InChI=1S/C6H14FNO/c1-8(2)5-6(4-7)9-3/h6H,4-5H2,1-3H3/t6-/m1/s1. The van der Waals surface area contributed by atoms with Crippen molar-refractivity contribution in [2.24, 2.45) is 0 Å². The lowest BCUT2D eigenvalue weighted by Crippen LogP contribution is -2.28. The fourth-order valence-electron chi connectivity index (χ4n) is 0.594. The monoisotopic (exact) mass is 135 g/mol. The minimum Gasteiger partial charge on any atom is -0.377 e. The summed E-state index contributed by atoms with van der Waals surface area (Å²) in [5.74, 6) is 0. The van der Waals surface area contributed by atoms with Gasteiger partial charge in [0.25, 0.3) is 0 Å². The second kappa shape index (κ2) is 4.70. The van der Waals surface area contributed by atoms with Gasteiger partial charge in [-0.25, -0.2) is 4.39 Å². The van der Waals surface area contributed by atoms with Gasteiger partial charge in [0.1, 0.15) is 6.67 Å². The Morgan fingerprint density at radius 2 is 2.11 bits per heavy atom. The van der Waals surface area contributed by atoms with Gasteiger partial charge in [-0.05, 0) is 14.1 Å². The molecule has 0 rings (SSSR count). The molecule has 0 saturated carbocycles. The molecule has 0 N–H and O–H groups in total. The number of ether oxygens (including phenoxy) is 1. The molecule has 0 aromatic heterocycles. The van der Waals surface area contributed by atoms with Crippen LogP contribution in [-0.2, 0) is 4.74 Å². The summed E-state index contributed by atoms with van der Waals surface area (Å²) in [6, 6.07) is 0. The van der Waals surface area contributed by atoms with E-state index in [1.807, 2.05) is 19.0 Å². The molecule has 0 bridgehead atoms. The van der Waals surface area contributed by atoms with E-state index in [4.69, 9.17) is 4.74 Å². The van der Waals surface area contributed by atoms with Gasteiger partial charge >= 0.3 is 0 Å². The van der Waals surface area contributed by atoms with E-state index in [9.17, 15) is 4.39 Å². The number of halogens is 1. The Kier molecular flexibility index (Phi) is 4.62. The number of hydrogen-bond acceptors (Lipinski definition) is 2. The first-order chi connectivity index (χ1) is 4.20. The lowest BCUT2D eigenvalue weighted by atomic mass is 10.4. The third-order valence-electron chi connectivity index (χ3n) is 1.07. The average molecular weight is 135 g/mol. The van der Waals surface area contributed by atoms with Crippen molar-refractivity contribution in [2.45, 2.75) is 6.10 Å². The van der Waals surface area contributed by atoms with Crippen LogP contribution in [0.25, 0.3) is 0 Å². The van der Waals surface area contributed by atoms with Crippen molar-refractivity contribution in [3.05, 3.63) is 0 Å². The highest BCUT2D eigenvalue weighted by atomic mass is 19.1. The van der Waals surface area contributed by atoms with Crippen molar-refractivity contribution in [2.75, 3.05) is 34.4 Å². The van der Waals surface area contributed by atoms with Gasteiger partial charge in [-0.2, -0.15) is 0 Å². The van der Waals surface area contributed by atoms with Gasteiger partial charge in [0.2, 0.25) is 0 Å². The minimum absolute atomic E-state index is 0.264. The molecule has 56 valence electrons. The average Bonchev–Trinajstić information content (AvgIpc) is 1.82. The molecule has 0 amide bonds. The van der Waals surface area contributed by atoms with Crippen molar-refractivity contribution >= 4 is 0 Å². The lowest BCUT2D eigenvalue weighted by molar-refractivity contribution is 0.0583. The zero-order valence-electron chi connectivity index (χ0n) is 6.22. The summed E-state index contributed by atoms with van der Waals surface area (Å²) < 4.78 is 16.7. The molecule has 3 heteroatoms. The van der Waals surface area contributed by atoms with Gasteiger partial charge in [-0.3, -0.25) is 0 Å². The van der Waals surface area contributed by atoms with Crippen LogP contribution in [0.5, 0.6) is 0 Å². The number of likely N-dealkylation sites (N-methyl/N-ethyl adjacent to an activating group) is 1. The Bertz CT molecular complexity index is 64.1. The molecule has 0 aromatic carbocycles. The van der Waals surface area contributed by atoms with Gasteiger partial charge < -0.3 is 9.64 Å². The molecular formula is C6H14FNO. The van der Waals surface area contributed by atoms with Gasteiger partial charge in [-0.1, -0.05) is 0 Å². The number of hydrogen-bond donors (Lipinski definition) is 0. The topological polar surface area (TPSA) is 12.5 Å². The van der Waals surface area contributed by atoms with Crippen molar-refractivity contribution < 1.29 is 9.13 Å². The fourth-order valence-corrected chi connectivity index (χ4v) is 0.594. The van der Waals surface area contributed by atoms with Crippen LogP contribution in [0.3, 0.4) is 0 Å². The van der Waals surface area contributed by atoms with Crippen molar-refractivity contribution in [3.8, 4) is 0 Å². The van der Waals surface area contributed by atoms with Crippen molar-refractivity contribution in [1.82, 2.24) is 4.90 Å². The maximum atomic E-state index is 11.9.